The van der Waals surface area contributed by atoms with Gasteiger partial charge in [-0.25, -0.2) is 0 Å². The highest BCUT2D eigenvalue weighted by Gasteiger charge is 2.14. The van der Waals surface area contributed by atoms with Crippen molar-refractivity contribution >= 4 is 11.6 Å². The minimum absolute atomic E-state index is 0.0278. The summed E-state index contributed by atoms with van der Waals surface area (Å²) >= 11 is 0. The van der Waals surface area contributed by atoms with Gasteiger partial charge in [0.15, 0.2) is 11.5 Å². The summed E-state index contributed by atoms with van der Waals surface area (Å²) in [5.74, 6) is 0.795. The van der Waals surface area contributed by atoms with Gasteiger partial charge in [0, 0.05) is 30.8 Å². The Bertz CT molecular complexity index is 1190. The van der Waals surface area contributed by atoms with Gasteiger partial charge in [0.25, 0.3) is 17.2 Å². The molecular weight excluding hydrogens is 402 g/mol. The van der Waals surface area contributed by atoms with E-state index in [0.717, 1.165) is 12.0 Å². The van der Waals surface area contributed by atoms with E-state index in [-0.39, 0.29) is 17.8 Å². The van der Waals surface area contributed by atoms with Gasteiger partial charge in [-0.15, -0.1) is 0 Å². The number of non-ortho nitro benzene ring substituents is 1. The third-order valence-electron chi connectivity index (χ3n) is 4.81. The molecule has 0 atom stereocenters. The summed E-state index contributed by atoms with van der Waals surface area (Å²) in [6.45, 7) is 1.39. The second-order valence-corrected chi connectivity index (χ2v) is 6.93. The summed E-state index contributed by atoms with van der Waals surface area (Å²) in [7, 11) is 0. The van der Waals surface area contributed by atoms with Gasteiger partial charge in [-0.3, -0.25) is 19.7 Å². The number of amides is 1. The second-order valence-electron chi connectivity index (χ2n) is 6.93. The number of nitro groups is 1. The maximum Gasteiger partial charge on any atom is 0.269 e. The van der Waals surface area contributed by atoms with Crippen molar-refractivity contribution < 1.29 is 19.2 Å². The van der Waals surface area contributed by atoms with Crippen LogP contribution in [-0.2, 0) is 6.54 Å². The van der Waals surface area contributed by atoms with E-state index in [1.165, 1.54) is 30.3 Å². The summed E-state index contributed by atoms with van der Waals surface area (Å²) < 4.78 is 11.2. The van der Waals surface area contributed by atoms with Gasteiger partial charge in [-0.2, -0.15) is 0 Å². The average Bonchev–Trinajstić information content (AvgIpc) is 3.02. The summed E-state index contributed by atoms with van der Waals surface area (Å²) in [6.07, 6.45) is 0.805. The number of ether oxygens (including phenoxy) is 2. The standard InChI is InChI=1S/C22H19N3O6/c26-21(23-13-14-2-9-19-20(12-14)31-11-1-10-30-19)17-7-8-18(24-22(17)27)15-3-5-16(6-4-15)25(28)29/h2-9,12H,1,10-11,13H2,(H,23,26)(H,24,27). The summed E-state index contributed by atoms with van der Waals surface area (Å²) in [5.41, 5.74) is 1.25. The minimum atomic E-state index is -0.549. The lowest BCUT2D eigenvalue weighted by Gasteiger charge is -2.10. The zero-order chi connectivity index (χ0) is 21.8. The fourth-order valence-corrected chi connectivity index (χ4v) is 3.18. The lowest BCUT2D eigenvalue weighted by atomic mass is 10.1. The first-order chi connectivity index (χ1) is 15.0. The van der Waals surface area contributed by atoms with Gasteiger partial charge in [0.05, 0.1) is 18.1 Å². The van der Waals surface area contributed by atoms with Crippen LogP contribution in [0.3, 0.4) is 0 Å². The Labute approximate surface area is 176 Å². The Morgan fingerprint density at radius 1 is 1.03 bits per heavy atom. The summed E-state index contributed by atoms with van der Waals surface area (Å²) in [6, 6.07) is 14.2. The van der Waals surface area contributed by atoms with Crippen molar-refractivity contribution in [1.82, 2.24) is 10.3 Å². The third-order valence-corrected chi connectivity index (χ3v) is 4.81. The number of H-pyrrole nitrogens is 1. The van der Waals surface area contributed by atoms with E-state index >= 15 is 0 Å². The Hall–Kier alpha value is -4.14. The van der Waals surface area contributed by atoms with Gasteiger partial charge in [0.2, 0.25) is 0 Å². The number of aromatic nitrogens is 1. The van der Waals surface area contributed by atoms with Crippen LogP contribution in [0.2, 0.25) is 0 Å². The molecule has 1 aliphatic rings. The van der Waals surface area contributed by atoms with E-state index in [0.29, 0.717) is 36.0 Å². The first-order valence-electron chi connectivity index (χ1n) is 9.66. The van der Waals surface area contributed by atoms with Crippen LogP contribution in [0.25, 0.3) is 11.3 Å². The SMILES string of the molecule is O=C(NCc1ccc2c(c1)OCCCO2)c1ccc(-c2ccc([N+](=O)[O-])cc2)[nH]c1=O. The van der Waals surface area contributed by atoms with Crippen molar-refractivity contribution in [2.75, 3.05) is 13.2 Å². The van der Waals surface area contributed by atoms with Crippen molar-refractivity contribution in [3.8, 4) is 22.8 Å². The molecule has 0 bridgehead atoms. The Balaban J connectivity index is 1.45. The predicted molar refractivity (Wildman–Crippen MR) is 112 cm³/mol. The average molecular weight is 421 g/mol. The predicted octanol–water partition coefficient (Wildman–Crippen LogP) is 3.04. The Kier molecular flexibility index (Phi) is 5.65. The highest BCUT2D eigenvalue weighted by atomic mass is 16.6. The number of rotatable bonds is 5. The number of fused-ring (bicyclic) bond motifs is 1. The number of nitro benzene ring substituents is 1. The molecule has 31 heavy (non-hydrogen) atoms. The third kappa shape index (κ3) is 4.55. The molecule has 2 heterocycles. The first-order valence-corrected chi connectivity index (χ1v) is 9.66. The Morgan fingerprint density at radius 2 is 1.77 bits per heavy atom. The number of benzene rings is 2. The van der Waals surface area contributed by atoms with E-state index in [1.54, 1.807) is 12.1 Å². The van der Waals surface area contributed by atoms with Crippen molar-refractivity contribution in [1.29, 1.82) is 0 Å². The molecule has 0 saturated heterocycles. The number of carbonyl (C=O) groups excluding carboxylic acids is 1. The molecule has 9 heteroatoms. The molecule has 1 aliphatic heterocycles. The zero-order valence-corrected chi connectivity index (χ0v) is 16.4. The van der Waals surface area contributed by atoms with Crippen LogP contribution in [0.5, 0.6) is 11.5 Å². The van der Waals surface area contributed by atoms with E-state index in [4.69, 9.17) is 9.47 Å². The van der Waals surface area contributed by atoms with Gasteiger partial charge < -0.3 is 19.8 Å². The monoisotopic (exact) mass is 421 g/mol. The molecule has 3 aromatic rings. The second kappa shape index (κ2) is 8.70. The molecule has 9 nitrogen and oxygen atoms in total. The summed E-state index contributed by atoms with van der Waals surface area (Å²) in [5, 5.41) is 13.5. The van der Waals surface area contributed by atoms with Crippen LogP contribution in [-0.4, -0.2) is 29.0 Å². The first kappa shape index (κ1) is 20.1. The quantitative estimate of drug-likeness (QED) is 0.482. The number of nitrogens with one attached hydrogen (secondary N) is 2. The molecule has 1 amide bonds. The largest absolute Gasteiger partial charge is 0.490 e. The van der Waals surface area contributed by atoms with Crippen molar-refractivity contribution in [3.05, 3.63) is 86.2 Å². The topological polar surface area (TPSA) is 124 Å². The normalized spacial score (nSPS) is 12.6. The van der Waals surface area contributed by atoms with Crippen LogP contribution in [0.4, 0.5) is 5.69 Å². The highest BCUT2D eigenvalue weighted by molar-refractivity contribution is 5.94. The zero-order valence-electron chi connectivity index (χ0n) is 16.4. The smallest absolute Gasteiger partial charge is 0.269 e. The molecule has 0 spiro atoms. The number of aromatic amines is 1. The van der Waals surface area contributed by atoms with Crippen LogP contribution in [0, 0.1) is 10.1 Å². The number of pyridine rings is 1. The minimum Gasteiger partial charge on any atom is -0.490 e. The molecule has 2 aromatic carbocycles. The van der Waals surface area contributed by atoms with E-state index in [2.05, 4.69) is 10.3 Å². The molecular formula is C22H19N3O6. The van der Waals surface area contributed by atoms with Crippen molar-refractivity contribution in [2.24, 2.45) is 0 Å². The molecule has 0 unspecified atom stereocenters. The van der Waals surface area contributed by atoms with E-state index < -0.39 is 16.4 Å². The lowest BCUT2D eigenvalue weighted by molar-refractivity contribution is -0.384. The van der Waals surface area contributed by atoms with Crippen molar-refractivity contribution in [2.45, 2.75) is 13.0 Å². The molecule has 0 saturated carbocycles. The summed E-state index contributed by atoms with van der Waals surface area (Å²) in [4.78, 5) is 37.8. The molecule has 0 radical (unpaired) electrons. The fourth-order valence-electron chi connectivity index (χ4n) is 3.18. The number of hydrogen-bond donors (Lipinski definition) is 2. The number of nitrogens with zero attached hydrogens (tertiary/aromatic N) is 1. The van der Waals surface area contributed by atoms with Crippen molar-refractivity contribution in [3.63, 3.8) is 0 Å². The fraction of sp³-hybridized carbons (Fsp3) is 0.182. The van der Waals surface area contributed by atoms with E-state index in [1.807, 2.05) is 12.1 Å². The van der Waals surface area contributed by atoms with Crippen LogP contribution in [0.1, 0.15) is 22.3 Å². The highest BCUT2D eigenvalue weighted by Crippen LogP contribution is 2.30. The van der Waals surface area contributed by atoms with Crippen LogP contribution in [0.15, 0.2) is 59.4 Å². The maximum atomic E-state index is 12.5. The number of carbonyl (C=O) groups is 1. The van der Waals surface area contributed by atoms with Gasteiger partial charge in [0.1, 0.15) is 5.56 Å². The molecule has 1 aromatic heterocycles. The number of hydrogen-bond acceptors (Lipinski definition) is 6. The lowest BCUT2D eigenvalue weighted by Crippen LogP contribution is -2.29. The van der Waals surface area contributed by atoms with Crippen LogP contribution < -0.4 is 20.3 Å². The molecule has 0 aliphatic carbocycles. The molecule has 4 rings (SSSR count). The van der Waals surface area contributed by atoms with Gasteiger partial charge >= 0.3 is 0 Å². The molecule has 158 valence electrons. The molecule has 2 N–H and O–H groups in total. The maximum absolute atomic E-state index is 12.5. The Morgan fingerprint density at radius 3 is 2.48 bits per heavy atom. The molecule has 0 fully saturated rings. The van der Waals surface area contributed by atoms with Crippen LogP contribution >= 0.6 is 0 Å². The van der Waals surface area contributed by atoms with Gasteiger partial charge in [-0.1, -0.05) is 6.07 Å². The van der Waals surface area contributed by atoms with Gasteiger partial charge in [-0.05, 0) is 47.5 Å². The van der Waals surface area contributed by atoms with E-state index in [9.17, 15) is 19.7 Å².